The van der Waals surface area contributed by atoms with Gasteiger partial charge in [-0.05, 0) is 73.7 Å². The third kappa shape index (κ3) is 2.98. The highest BCUT2D eigenvalue weighted by molar-refractivity contribution is 9.09. The van der Waals surface area contributed by atoms with Crippen LogP contribution in [0.1, 0.15) is 73.1 Å². The van der Waals surface area contributed by atoms with Gasteiger partial charge in [0.25, 0.3) is 0 Å². The molecule has 0 radical (unpaired) electrons. The topological polar surface area (TPSA) is 38.7 Å². The van der Waals surface area contributed by atoms with E-state index in [1.807, 2.05) is 0 Å². The first-order chi connectivity index (χ1) is 14.3. The molecule has 2 aliphatic heterocycles. The molecule has 31 heavy (non-hydrogen) atoms. The van der Waals surface area contributed by atoms with Crippen LogP contribution in [-0.2, 0) is 9.16 Å². The second kappa shape index (κ2) is 6.81. The van der Waals surface area contributed by atoms with E-state index in [0.29, 0.717) is 16.8 Å². The first-order valence-corrected chi connectivity index (χ1v) is 16.2. The highest BCUT2D eigenvalue weighted by atomic mass is 79.9. The van der Waals surface area contributed by atoms with Gasteiger partial charge < -0.3 is 14.3 Å². The van der Waals surface area contributed by atoms with Crippen molar-refractivity contribution in [2.45, 2.75) is 120 Å². The second-order valence-electron chi connectivity index (χ2n) is 13.0. The van der Waals surface area contributed by atoms with Crippen molar-refractivity contribution in [2.75, 3.05) is 0 Å². The van der Waals surface area contributed by atoms with Gasteiger partial charge in [0.15, 0.2) is 8.32 Å². The summed E-state index contributed by atoms with van der Waals surface area (Å²) in [6.45, 7) is 16.4. The Morgan fingerprint density at radius 2 is 1.94 bits per heavy atom. The van der Waals surface area contributed by atoms with E-state index in [1.54, 1.807) is 0 Å². The number of allylic oxidation sites excluding steroid dienone is 1. The van der Waals surface area contributed by atoms with Crippen molar-refractivity contribution in [2.24, 2.45) is 17.3 Å². The molecule has 0 amide bonds. The average molecular weight is 510 g/mol. The third-order valence-electron chi connectivity index (χ3n) is 10.3. The monoisotopic (exact) mass is 508 g/mol. The van der Waals surface area contributed by atoms with Crippen molar-refractivity contribution in [3.8, 4) is 0 Å². The van der Waals surface area contributed by atoms with E-state index < -0.39 is 14.4 Å². The molecule has 0 aromatic carbocycles. The SMILES string of the molecule is C[C@@H]1[C@H](Br)C[C@@]23CC[C@@]4(O2)C(=CC[C@]2(C)[C@@H](O[Si](C)(C)C(C)(C)C)CC[C@H]24)C=C3[C@H]1O. The van der Waals surface area contributed by atoms with Crippen molar-refractivity contribution in [3.05, 3.63) is 23.3 Å². The molecule has 1 saturated heterocycles. The molecule has 3 fully saturated rings. The highest BCUT2D eigenvalue weighted by Crippen LogP contribution is 2.67. The summed E-state index contributed by atoms with van der Waals surface area (Å²) in [4.78, 5) is 0.300. The summed E-state index contributed by atoms with van der Waals surface area (Å²) in [5.41, 5.74) is 2.16. The first kappa shape index (κ1) is 22.8. The van der Waals surface area contributed by atoms with E-state index in [9.17, 15) is 5.11 Å². The number of rotatable bonds is 2. The lowest BCUT2D eigenvalue weighted by molar-refractivity contribution is -0.149. The molecule has 5 heteroatoms. The van der Waals surface area contributed by atoms with Crippen LogP contribution in [0.5, 0.6) is 0 Å². The van der Waals surface area contributed by atoms with E-state index in [0.717, 1.165) is 37.7 Å². The number of hydrogen-bond donors (Lipinski definition) is 1. The van der Waals surface area contributed by atoms with Crippen molar-refractivity contribution in [3.63, 3.8) is 0 Å². The van der Waals surface area contributed by atoms with E-state index in [4.69, 9.17) is 9.16 Å². The summed E-state index contributed by atoms with van der Waals surface area (Å²) in [5, 5.41) is 11.3. The largest absolute Gasteiger partial charge is 0.413 e. The number of halogens is 1. The summed E-state index contributed by atoms with van der Waals surface area (Å²) >= 11 is 3.87. The minimum Gasteiger partial charge on any atom is -0.413 e. The van der Waals surface area contributed by atoms with E-state index >= 15 is 0 Å². The Hall–Kier alpha value is 0.0569. The molecule has 174 valence electrons. The molecule has 2 spiro atoms. The zero-order valence-corrected chi connectivity index (χ0v) is 23.0. The summed E-state index contributed by atoms with van der Waals surface area (Å²) < 4.78 is 14.3. The number of fused-ring (bicyclic) bond motifs is 1. The van der Waals surface area contributed by atoms with Gasteiger partial charge in [0.05, 0.1) is 23.4 Å². The Morgan fingerprint density at radius 3 is 2.61 bits per heavy atom. The molecule has 0 aromatic rings. The van der Waals surface area contributed by atoms with Gasteiger partial charge in [-0.2, -0.15) is 0 Å². The van der Waals surface area contributed by atoms with E-state index in [2.05, 4.69) is 75.8 Å². The number of alkyl halides is 1. The fourth-order valence-electron chi connectivity index (χ4n) is 7.24. The molecular weight excluding hydrogens is 468 g/mol. The van der Waals surface area contributed by atoms with Crippen LogP contribution in [0.15, 0.2) is 23.3 Å². The first-order valence-electron chi connectivity index (χ1n) is 12.4. The number of hydrogen-bond acceptors (Lipinski definition) is 3. The molecule has 8 atom stereocenters. The predicted molar refractivity (Wildman–Crippen MR) is 132 cm³/mol. The van der Waals surface area contributed by atoms with Gasteiger partial charge in [0.2, 0.25) is 0 Å². The number of aliphatic hydroxyl groups excluding tert-OH is 1. The number of ether oxygens (including phenoxy) is 1. The summed E-state index contributed by atoms with van der Waals surface area (Å²) in [6.07, 6.45) is 11.2. The Kier molecular flexibility index (Phi) is 5.01. The molecule has 0 unspecified atom stereocenters. The molecule has 2 bridgehead atoms. The minimum atomic E-state index is -1.83. The van der Waals surface area contributed by atoms with Crippen molar-refractivity contribution in [1.29, 1.82) is 0 Å². The van der Waals surface area contributed by atoms with Gasteiger partial charge in [-0.1, -0.05) is 62.7 Å². The van der Waals surface area contributed by atoms with Gasteiger partial charge in [-0.15, -0.1) is 0 Å². The van der Waals surface area contributed by atoms with Crippen LogP contribution >= 0.6 is 15.9 Å². The molecule has 0 aromatic heterocycles. The van der Waals surface area contributed by atoms with Crippen LogP contribution in [0.25, 0.3) is 0 Å². The van der Waals surface area contributed by atoms with Crippen LogP contribution in [0.3, 0.4) is 0 Å². The van der Waals surface area contributed by atoms with Crippen LogP contribution < -0.4 is 0 Å². The Balaban J connectivity index is 1.51. The molecule has 1 N–H and O–H groups in total. The maximum atomic E-state index is 11.1. The molecule has 5 rings (SSSR count). The average Bonchev–Trinajstić information content (AvgIpc) is 3.15. The Morgan fingerprint density at radius 1 is 1.23 bits per heavy atom. The molecule has 5 aliphatic rings. The lowest BCUT2D eigenvalue weighted by atomic mass is 9.60. The predicted octanol–water partition coefficient (Wildman–Crippen LogP) is 6.52. The zero-order chi connectivity index (χ0) is 22.6. The summed E-state index contributed by atoms with van der Waals surface area (Å²) in [7, 11) is -1.83. The molecule has 3 nitrogen and oxygen atoms in total. The Bertz CT molecular complexity index is 844. The molecule has 3 aliphatic carbocycles. The van der Waals surface area contributed by atoms with Crippen LogP contribution in [0.2, 0.25) is 18.1 Å². The smallest absolute Gasteiger partial charge is 0.192 e. The van der Waals surface area contributed by atoms with Gasteiger partial charge in [-0.3, -0.25) is 0 Å². The maximum Gasteiger partial charge on any atom is 0.192 e. The molecule has 2 saturated carbocycles. The Labute approximate surface area is 198 Å². The standard InChI is InChI=1S/C26H41BrO3Si/c1-16-19(27)15-25-12-13-26(30-25)17(14-18(25)22(16)28)10-11-24(5)20(26)8-9-21(24)29-31(6,7)23(2,3)4/h10,14,16,19-22,28H,8-9,11-13,15H2,1-7H3/t16-,19-,20-,21+,22+,24+,25-,26-/m1/s1. The molecular formula is C26H41BrO3Si. The van der Waals surface area contributed by atoms with E-state index in [-0.39, 0.29) is 27.6 Å². The van der Waals surface area contributed by atoms with Gasteiger partial charge in [-0.25, -0.2) is 0 Å². The number of aliphatic hydroxyl groups is 1. The minimum absolute atomic E-state index is 0.129. The fourth-order valence-corrected chi connectivity index (χ4v) is 9.50. The summed E-state index contributed by atoms with van der Waals surface area (Å²) in [5.74, 6) is 0.717. The quantitative estimate of drug-likeness (QED) is 0.341. The second-order valence-corrected chi connectivity index (χ2v) is 18.9. The lowest BCUT2D eigenvalue weighted by Crippen LogP contribution is -2.58. The fraction of sp³-hybridized carbons (Fsp3) is 0.846. The summed E-state index contributed by atoms with van der Waals surface area (Å²) in [6, 6.07) is 0. The van der Waals surface area contributed by atoms with Crippen molar-refractivity contribution < 1.29 is 14.3 Å². The van der Waals surface area contributed by atoms with Gasteiger partial charge in [0.1, 0.15) is 0 Å². The normalized spacial score (nSPS) is 49.1. The van der Waals surface area contributed by atoms with Crippen LogP contribution in [0, 0.1) is 17.3 Å². The zero-order valence-electron chi connectivity index (χ0n) is 20.4. The van der Waals surface area contributed by atoms with Crippen LogP contribution in [-0.4, -0.2) is 41.7 Å². The van der Waals surface area contributed by atoms with Crippen molar-refractivity contribution >= 4 is 24.2 Å². The lowest BCUT2D eigenvalue weighted by Gasteiger charge is -2.55. The maximum absolute atomic E-state index is 11.1. The highest BCUT2D eigenvalue weighted by Gasteiger charge is 2.68. The van der Waals surface area contributed by atoms with Gasteiger partial charge >= 0.3 is 0 Å². The van der Waals surface area contributed by atoms with Crippen molar-refractivity contribution in [1.82, 2.24) is 0 Å². The third-order valence-corrected chi connectivity index (χ3v) is 16.0. The van der Waals surface area contributed by atoms with E-state index in [1.165, 1.54) is 12.0 Å². The van der Waals surface area contributed by atoms with Gasteiger partial charge in [0, 0.05) is 16.2 Å². The molecule has 2 heterocycles. The van der Waals surface area contributed by atoms with Crippen LogP contribution in [0.4, 0.5) is 0 Å².